The summed E-state index contributed by atoms with van der Waals surface area (Å²) in [5.41, 5.74) is 1.21. The summed E-state index contributed by atoms with van der Waals surface area (Å²) in [5, 5.41) is 9.19. The summed E-state index contributed by atoms with van der Waals surface area (Å²) in [5.74, 6) is 1.93. The van der Waals surface area contributed by atoms with Gasteiger partial charge in [0.25, 0.3) is 0 Å². The van der Waals surface area contributed by atoms with Gasteiger partial charge in [-0.05, 0) is 24.3 Å². The largest absolute Gasteiger partial charge is 0.489 e. The van der Waals surface area contributed by atoms with E-state index in [1.165, 1.54) is 12.2 Å². The van der Waals surface area contributed by atoms with Gasteiger partial charge in [-0.1, -0.05) is 6.07 Å². The molecule has 0 spiro atoms. The lowest BCUT2D eigenvalue weighted by Gasteiger charge is -2.36. The minimum absolute atomic E-state index is 0.267. The van der Waals surface area contributed by atoms with Crippen molar-refractivity contribution in [3.63, 3.8) is 0 Å². The zero-order valence-electron chi connectivity index (χ0n) is 9.96. The SMILES string of the molecule is O=C(O)c1cccc2c1OCCN2C1CCSC1. The number of thioether (sulfide) groups is 1. The van der Waals surface area contributed by atoms with Crippen molar-refractivity contribution in [1.29, 1.82) is 0 Å². The summed E-state index contributed by atoms with van der Waals surface area (Å²) >= 11 is 1.96. The second-order valence-corrected chi connectivity index (χ2v) is 5.67. The van der Waals surface area contributed by atoms with Gasteiger partial charge in [0, 0.05) is 11.8 Å². The first-order valence-electron chi connectivity index (χ1n) is 6.11. The Labute approximate surface area is 110 Å². The van der Waals surface area contributed by atoms with Gasteiger partial charge in [0.2, 0.25) is 0 Å². The Hall–Kier alpha value is -1.36. The maximum Gasteiger partial charge on any atom is 0.339 e. The van der Waals surface area contributed by atoms with E-state index in [-0.39, 0.29) is 5.56 Å². The molecule has 3 rings (SSSR count). The molecule has 4 nitrogen and oxygen atoms in total. The number of aromatic carboxylic acids is 1. The summed E-state index contributed by atoms with van der Waals surface area (Å²) in [6.45, 7) is 1.42. The molecule has 1 fully saturated rings. The molecular weight excluding hydrogens is 250 g/mol. The maximum absolute atomic E-state index is 11.2. The summed E-state index contributed by atoms with van der Waals surface area (Å²) in [6, 6.07) is 5.88. The average Bonchev–Trinajstić information content (AvgIpc) is 2.91. The molecule has 1 aromatic carbocycles. The van der Waals surface area contributed by atoms with Crippen LogP contribution in [0.25, 0.3) is 0 Å². The molecule has 96 valence electrons. The molecule has 0 aromatic heterocycles. The molecule has 18 heavy (non-hydrogen) atoms. The van der Waals surface area contributed by atoms with E-state index in [1.54, 1.807) is 12.1 Å². The number of hydrogen-bond donors (Lipinski definition) is 1. The van der Waals surface area contributed by atoms with E-state index in [9.17, 15) is 9.90 Å². The van der Waals surface area contributed by atoms with Crippen molar-refractivity contribution in [2.24, 2.45) is 0 Å². The standard InChI is InChI=1S/C13H15NO3S/c15-13(16)10-2-1-3-11-12(10)17-6-5-14(11)9-4-7-18-8-9/h1-3,9H,4-8H2,(H,15,16). The lowest BCUT2D eigenvalue weighted by molar-refractivity contribution is 0.0692. The number of anilines is 1. The van der Waals surface area contributed by atoms with Gasteiger partial charge in [0.1, 0.15) is 12.2 Å². The van der Waals surface area contributed by atoms with Gasteiger partial charge < -0.3 is 14.7 Å². The lowest BCUT2D eigenvalue weighted by atomic mass is 10.1. The molecule has 0 bridgehead atoms. The predicted octanol–water partition coefficient (Wildman–Crippen LogP) is 2.09. The number of carbonyl (C=O) groups is 1. The number of para-hydroxylation sites is 1. The van der Waals surface area contributed by atoms with Crippen LogP contribution in [0, 0.1) is 0 Å². The first kappa shape index (κ1) is 11.7. The van der Waals surface area contributed by atoms with Crippen molar-refractivity contribution in [2.45, 2.75) is 12.5 Å². The molecule has 2 aliphatic rings. The normalized spacial score (nSPS) is 22.4. The summed E-state index contributed by atoms with van der Waals surface area (Å²) in [6.07, 6.45) is 1.17. The number of carboxylic acid groups (broad SMARTS) is 1. The quantitative estimate of drug-likeness (QED) is 0.887. The number of ether oxygens (including phenoxy) is 1. The topological polar surface area (TPSA) is 49.8 Å². The Morgan fingerprint density at radius 2 is 2.39 bits per heavy atom. The van der Waals surface area contributed by atoms with Crippen molar-refractivity contribution >= 4 is 23.4 Å². The summed E-state index contributed by atoms with van der Waals surface area (Å²) in [4.78, 5) is 13.5. The zero-order chi connectivity index (χ0) is 12.5. The Morgan fingerprint density at radius 3 is 3.11 bits per heavy atom. The second-order valence-electron chi connectivity index (χ2n) is 4.52. The van der Waals surface area contributed by atoms with Crippen LogP contribution in [0.4, 0.5) is 5.69 Å². The Bertz CT molecular complexity index is 471. The number of nitrogens with zero attached hydrogens (tertiary/aromatic N) is 1. The third-order valence-corrected chi connectivity index (χ3v) is 4.60. The summed E-state index contributed by atoms with van der Waals surface area (Å²) in [7, 11) is 0. The smallest absolute Gasteiger partial charge is 0.339 e. The van der Waals surface area contributed by atoms with Crippen LogP contribution >= 0.6 is 11.8 Å². The number of fused-ring (bicyclic) bond motifs is 1. The van der Waals surface area contributed by atoms with E-state index in [0.29, 0.717) is 18.4 Å². The second kappa shape index (κ2) is 4.72. The van der Waals surface area contributed by atoms with Gasteiger partial charge in [-0.3, -0.25) is 0 Å². The lowest BCUT2D eigenvalue weighted by Crippen LogP contribution is -2.41. The van der Waals surface area contributed by atoms with Gasteiger partial charge in [-0.15, -0.1) is 0 Å². The highest BCUT2D eigenvalue weighted by Crippen LogP contribution is 2.38. The first-order valence-corrected chi connectivity index (χ1v) is 7.26. The maximum atomic E-state index is 11.2. The fourth-order valence-corrected chi connectivity index (χ4v) is 3.81. The molecule has 1 N–H and O–H groups in total. The number of benzene rings is 1. The minimum atomic E-state index is -0.922. The van der Waals surface area contributed by atoms with Crippen molar-refractivity contribution in [2.75, 3.05) is 29.6 Å². The number of carboxylic acids is 1. The Morgan fingerprint density at radius 1 is 1.50 bits per heavy atom. The third kappa shape index (κ3) is 1.92. The molecule has 0 aliphatic carbocycles. The van der Waals surface area contributed by atoms with Crippen molar-refractivity contribution in [3.05, 3.63) is 23.8 Å². The van der Waals surface area contributed by atoms with Crippen LogP contribution in [-0.2, 0) is 0 Å². The van der Waals surface area contributed by atoms with Gasteiger partial charge in [0.05, 0.1) is 12.2 Å². The third-order valence-electron chi connectivity index (χ3n) is 3.46. The number of rotatable bonds is 2. The fraction of sp³-hybridized carbons (Fsp3) is 0.462. The minimum Gasteiger partial charge on any atom is -0.489 e. The highest BCUT2D eigenvalue weighted by atomic mass is 32.2. The fourth-order valence-electron chi connectivity index (χ4n) is 2.58. The molecule has 1 saturated heterocycles. The molecule has 1 unspecified atom stereocenters. The monoisotopic (exact) mass is 265 g/mol. The van der Waals surface area contributed by atoms with E-state index in [1.807, 2.05) is 17.8 Å². The molecule has 2 heterocycles. The Kier molecular flexibility index (Phi) is 3.07. The van der Waals surface area contributed by atoms with Crippen molar-refractivity contribution in [1.82, 2.24) is 0 Å². The van der Waals surface area contributed by atoms with Crippen LogP contribution in [0.2, 0.25) is 0 Å². The highest BCUT2D eigenvalue weighted by Gasteiger charge is 2.30. The van der Waals surface area contributed by atoms with E-state index in [4.69, 9.17) is 4.74 Å². The van der Waals surface area contributed by atoms with Crippen molar-refractivity contribution < 1.29 is 14.6 Å². The van der Waals surface area contributed by atoms with Crippen molar-refractivity contribution in [3.8, 4) is 5.75 Å². The Balaban J connectivity index is 2.00. The average molecular weight is 265 g/mol. The van der Waals surface area contributed by atoms with E-state index in [2.05, 4.69) is 4.90 Å². The highest BCUT2D eigenvalue weighted by molar-refractivity contribution is 7.99. The van der Waals surface area contributed by atoms with E-state index >= 15 is 0 Å². The predicted molar refractivity (Wildman–Crippen MR) is 72.0 cm³/mol. The van der Waals surface area contributed by atoms with Crippen LogP contribution in [0.3, 0.4) is 0 Å². The molecule has 1 aromatic rings. The first-order chi connectivity index (χ1) is 8.77. The zero-order valence-corrected chi connectivity index (χ0v) is 10.8. The van der Waals surface area contributed by atoms with Gasteiger partial charge in [0.15, 0.2) is 5.75 Å². The van der Waals surface area contributed by atoms with Crippen LogP contribution in [0.1, 0.15) is 16.8 Å². The van der Waals surface area contributed by atoms with Gasteiger partial charge in [-0.2, -0.15) is 11.8 Å². The molecule has 5 heteroatoms. The van der Waals surface area contributed by atoms with Gasteiger partial charge >= 0.3 is 5.97 Å². The van der Waals surface area contributed by atoms with E-state index < -0.39 is 5.97 Å². The molecule has 1 atom stereocenters. The van der Waals surface area contributed by atoms with Crippen LogP contribution in [0.5, 0.6) is 5.75 Å². The van der Waals surface area contributed by atoms with Crippen LogP contribution in [0.15, 0.2) is 18.2 Å². The summed E-state index contributed by atoms with van der Waals surface area (Å²) < 4.78 is 5.58. The van der Waals surface area contributed by atoms with Gasteiger partial charge in [-0.25, -0.2) is 4.79 Å². The molecule has 2 aliphatic heterocycles. The molecule has 0 radical (unpaired) electrons. The molecular formula is C13H15NO3S. The van der Waals surface area contributed by atoms with E-state index in [0.717, 1.165) is 18.0 Å². The molecule has 0 saturated carbocycles. The molecule has 0 amide bonds. The number of hydrogen-bond acceptors (Lipinski definition) is 4. The van der Waals surface area contributed by atoms with Crippen LogP contribution in [-0.4, -0.2) is 41.8 Å². The van der Waals surface area contributed by atoms with Crippen LogP contribution < -0.4 is 9.64 Å².